The second kappa shape index (κ2) is 4.25. The molecular formula is C11H9BrFNO2. The van der Waals surface area contributed by atoms with Crippen molar-refractivity contribution in [1.29, 1.82) is 0 Å². The van der Waals surface area contributed by atoms with Crippen molar-refractivity contribution >= 4 is 32.8 Å². The number of hydrogen-bond donors (Lipinski definition) is 1. The molecule has 1 heterocycles. The third-order valence-corrected chi connectivity index (χ3v) is 2.67. The first-order valence-corrected chi connectivity index (χ1v) is 5.56. The Morgan fingerprint density at radius 3 is 3.00 bits per heavy atom. The summed E-state index contributed by atoms with van der Waals surface area (Å²) < 4.78 is 19.4. The molecule has 2 rings (SSSR count). The number of aromatic nitrogens is 1. The van der Waals surface area contributed by atoms with Crippen molar-refractivity contribution in [3.63, 3.8) is 0 Å². The minimum absolute atomic E-state index is 0.130. The SMILES string of the molecule is CCOC(=O)c1[nH]c2cc(Br)ccc2c1F. The Morgan fingerprint density at radius 2 is 2.31 bits per heavy atom. The van der Waals surface area contributed by atoms with Crippen LogP contribution in [0.4, 0.5) is 4.39 Å². The lowest BCUT2D eigenvalue weighted by Gasteiger charge is -1.97. The third kappa shape index (κ3) is 1.82. The average Bonchev–Trinajstić information content (AvgIpc) is 2.56. The Kier molecular flexibility index (Phi) is 2.96. The number of H-pyrrole nitrogens is 1. The predicted molar refractivity (Wildman–Crippen MR) is 61.9 cm³/mol. The fourth-order valence-electron chi connectivity index (χ4n) is 1.48. The number of halogens is 2. The van der Waals surface area contributed by atoms with Crippen LogP contribution in [0.25, 0.3) is 10.9 Å². The summed E-state index contributed by atoms with van der Waals surface area (Å²) >= 11 is 3.28. The number of carbonyl (C=O) groups excluding carboxylic acids is 1. The van der Waals surface area contributed by atoms with Gasteiger partial charge in [0.2, 0.25) is 0 Å². The highest BCUT2D eigenvalue weighted by Crippen LogP contribution is 2.24. The van der Waals surface area contributed by atoms with Crippen LogP contribution in [0.2, 0.25) is 0 Å². The first kappa shape index (κ1) is 11.1. The molecule has 16 heavy (non-hydrogen) atoms. The molecular weight excluding hydrogens is 277 g/mol. The predicted octanol–water partition coefficient (Wildman–Crippen LogP) is 3.25. The van der Waals surface area contributed by atoms with Gasteiger partial charge in [-0.05, 0) is 25.1 Å². The number of rotatable bonds is 2. The van der Waals surface area contributed by atoms with Crippen molar-refractivity contribution < 1.29 is 13.9 Å². The molecule has 0 spiro atoms. The lowest BCUT2D eigenvalue weighted by atomic mass is 10.2. The highest BCUT2D eigenvalue weighted by molar-refractivity contribution is 9.10. The summed E-state index contributed by atoms with van der Waals surface area (Å²) in [7, 11) is 0. The van der Waals surface area contributed by atoms with E-state index in [-0.39, 0.29) is 12.3 Å². The maximum absolute atomic E-state index is 13.8. The molecule has 0 bridgehead atoms. The molecule has 0 fully saturated rings. The van der Waals surface area contributed by atoms with E-state index in [2.05, 4.69) is 20.9 Å². The number of fused-ring (bicyclic) bond motifs is 1. The Bertz CT molecular complexity index is 550. The van der Waals surface area contributed by atoms with E-state index in [0.29, 0.717) is 10.9 Å². The van der Waals surface area contributed by atoms with Gasteiger partial charge in [0.1, 0.15) is 0 Å². The number of hydrogen-bond acceptors (Lipinski definition) is 2. The van der Waals surface area contributed by atoms with Crippen molar-refractivity contribution in [2.24, 2.45) is 0 Å². The fourth-order valence-corrected chi connectivity index (χ4v) is 1.84. The largest absolute Gasteiger partial charge is 0.461 e. The summed E-state index contributed by atoms with van der Waals surface area (Å²) in [6.45, 7) is 1.90. The zero-order valence-corrected chi connectivity index (χ0v) is 10.1. The van der Waals surface area contributed by atoms with Crippen LogP contribution in [0.5, 0.6) is 0 Å². The zero-order valence-electron chi connectivity index (χ0n) is 8.51. The summed E-state index contributed by atoms with van der Waals surface area (Å²) in [6.07, 6.45) is 0. The number of benzene rings is 1. The first-order chi connectivity index (χ1) is 7.63. The van der Waals surface area contributed by atoms with Gasteiger partial charge in [0, 0.05) is 9.86 Å². The standard InChI is InChI=1S/C11H9BrFNO2/c1-2-16-11(15)10-9(13)7-4-3-6(12)5-8(7)14-10/h3-5,14H,2H2,1H3. The van der Waals surface area contributed by atoms with Gasteiger partial charge in [-0.3, -0.25) is 0 Å². The molecule has 0 aliphatic carbocycles. The van der Waals surface area contributed by atoms with Gasteiger partial charge in [-0.1, -0.05) is 15.9 Å². The fraction of sp³-hybridized carbons (Fsp3) is 0.182. The number of carbonyl (C=O) groups is 1. The van der Waals surface area contributed by atoms with Crippen LogP contribution >= 0.6 is 15.9 Å². The van der Waals surface area contributed by atoms with E-state index < -0.39 is 11.8 Å². The Labute approximate surface area is 99.7 Å². The van der Waals surface area contributed by atoms with E-state index >= 15 is 0 Å². The van der Waals surface area contributed by atoms with Crippen molar-refractivity contribution in [1.82, 2.24) is 4.98 Å². The van der Waals surface area contributed by atoms with Crippen LogP contribution < -0.4 is 0 Å². The van der Waals surface area contributed by atoms with Crippen LogP contribution in [-0.2, 0) is 4.74 Å². The van der Waals surface area contributed by atoms with Gasteiger partial charge in [-0.25, -0.2) is 9.18 Å². The van der Waals surface area contributed by atoms with E-state index in [0.717, 1.165) is 4.47 Å². The van der Waals surface area contributed by atoms with Gasteiger partial charge < -0.3 is 9.72 Å². The van der Waals surface area contributed by atoms with Crippen molar-refractivity contribution in [2.45, 2.75) is 6.92 Å². The van der Waals surface area contributed by atoms with E-state index in [1.165, 1.54) is 0 Å². The van der Waals surface area contributed by atoms with Gasteiger partial charge >= 0.3 is 5.97 Å². The monoisotopic (exact) mass is 285 g/mol. The third-order valence-electron chi connectivity index (χ3n) is 2.18. The number of nitrogens with one attached hydrogen (secondary N) is 1. The van der Waals surface area contributed by atoms with Crippen LogP contribution in [0.15, 0.2) is 22.7 Å². The number of aromatic amines is 1. The minimum Gasteiger partial charge on any atom is -0.461 e. The summed E-state index contributed by atoms with van der Waals surface area (Å²) in [5.74, 6) is -1.24. The second-order valence-electron chi connectivity index (χ2n) is 3.22. The smallest absolute Gasteiger partial charge is 0.357 e. The molecule has 1 aromatic heterocycles. The molecule has 0 aliphatic rings. The zero-order chi connectivity index (χ0) is 11.7. The van der Waals surface area contributed by atoms with Crippen molar-refractivity contribution in [2.75, 3.05) is 6.61 Å². The summed E-state index contributed by atoms with van der Waals surface area (Å²) in [4.78, 5) is 14.1. The minimum atomic E-state index is -0.674. The Balaban J connectivity index is 2.55. The molecule has 0 saturated heterocycles. The summed E-state index contributed by atoms with van der Waals surface area (Å²) in [5.41, 5.74) is 0.435. The normalized spacial score (nSPS) is 10.7. The summed E-state index contributed by atoms with van der Waals surface area (Å²) in [5, 5.41) is 0.381. The van der Waals surface area contributed by atoms with Crippen molar-refractivity contribution in [3.05, 3.63) is 34.2 Å². The summed E-state index contributed by atoms with van der Waals surface area (Å²) in [6, 6.07) is 5.03. The molecule has 0 amide bonds. The molecule has 2 aromatic rings. The maximum Gasteiger partial charge on any atom is 0.357 e. The van der Waals surface area contributed by atoms with E-state index in [1.54, 1.807) is 25.1 Å². The topological polar surface area (TPSA) is 42.1 Å². The number of ether oxygens (including phenoxy) is 1. The number of esters is 1. The molecule has 0 atom stereocenters. The molecule has 84 valence electrons. The molecule has 0 saturated carbocycles. The average molecular weight is 286 g/mol. The highest BCUT2D eigenvalue weighted by atomic mass is 79.9. The lowest BCUT2D eigenvalue weighted by molar-refractivity contribution is 0.0515. The van der Waals surface area contributed by atoms with E-state index in [1.807, 2.05) is 0 Å². The van der Waals surface area contributed by atoms with E-state index in [9.17, 15) is 9.18 Å². The molecule has 1 N–H and O–H groups in total. The molecule has 0 aliphatic heterocycles. The Morgan fingerprint density at radius 1 is 1.56 bits per heavy atom. The van der Waals surface area contributed by atoms with E-state index in [4.69, 9.17) is 4.74 Å². The van der Waals surface area contributed by atoms with Crippen molar-refractivity contribution in [3.8, 4) is 0 Å². The second-order valence-corrected chi connectivity index (χ2v) is 4.14. The Hall–Kier alpha value is -1.36. The van der Waals surface area contributed by atoms with Crippen LogP contribution in [0, 0.1) is 5.82 Å². The van der Waals surface area contributed by atoms with Gasteiger partial charge in [0.05, 0.1) is 12.1 Å². The first-order valence-electron chi connectivity index (χ1n) is 4.77. The molecule has 1 aromatic carbocycles. The van der Waals surface area contributed by atoms with Gasteiger partial charge in [-0.15, -0.1) is 0 Å². The van der Waals surface area contributed by atoms with Crippen LogP contribution in [0.3, 0.4) is 0 Å². The highest BCUT2D eigenvalue weighted by Gasteiger charge is 2.18. The maximum atomic E-state index is 13.8. The molecule has 0 radical (unpaired) electrons. The quantitative estimate of drug-likeness (QED) is 0.861. The van der Waals surface area contributed by atoms with Crippen LogP contribution in [0.1, 0.15) is 17.4 Å². The molecule has 3 nitrogen and oxygen atoms in total. The molecule has 0 unspecified atom stereocenters. The molecule has 5 heteroatoms. The van der Waals surface area contributed by atoms with Gasteiger partial charge in [0.25, 0.3) is 0 Å². The lowest BCUT2D eigenvalue weighted by Crippen LogP contribution is -2.06. The van der Waals surface area contributed by atoms with Crippen LogP contribution in [-0.4, -0.2) is 17.6 Å². The van der Waals surface area contributed by atoms with Gasteiger partial charge in [-0.2, -0.15) is 0 Å². The van der Waals surface area contributed by atoms with Gasteiger partial charge in [0.15, 0.2) is 11.5 Å².